The van der Waals surface area contributed by atoms with Crippen LogP contribution in [0, 0.1) is 0 Å². The molecule has 0 N–H and O–H groups in total. The number of benzene rings is 1. The lowest BCUT2D eigenvalue weighted by Gasteiger charge is -2.10. The number of thiazole rings is 1. The first-order valence-corrected chi connectivity index (χ1v) is 12.2. The summed E-state index contributed by atoms with van der Waals surface area (Å²) in [5.74, 6) is 0. The largest absolute Gasteiger partial charge is 0.229 e. The maximum Gasteiger partial charge on any atom is 0.161 e. The zero-order chi connectivity index (χ0) is 17.0. The van der Waals surface area contributed by atoms with Crippen molar-refractivity contribution >= 4 is 43.1 Å². The highest BCUT2D eigenvalue weighted by Crippen LogP contribution is 2.40. The lowest BCUT2D eigenvalue weighted by Crippen LogP contribution is -1.95. The minimum Gasteiger partial charge on any atom is -0.229 e. The Balaban J connectivity index is 1.61. The van der Waals surface area contributed by atoms with Gasteiger partial charge in [-0.15, -0.1) is 17.9 Å². The number of rotatable bonds is 13. The van der Waals surface area contributed by atoms with Gasteiger partial charge >= 0.3 is 0 Å². The van der Waals surface area contributed by atoms with Crippen molar-refractivity contribution in [1.82, 2.24) is 4.98 Å². The highest BCUT2D eigenvalue weighted by molar-refractivity contribution is 8.77. The fraction of sp³-hybridized carbons (Fsp3) is 0.550. The van der Waals surface area contributed by atoms with Crippen LogP contribution in [0.15, 0.2) is 41.3 Å². The first kappa shape index (κ1) is 19.9. The Morgan fingerprint density at radius 1 is 1.08 bits per heavy atom. The number of para-hydroxylation sites is 1. The van der Waals surface area contributed by atoms with Gasteiger partial charge in [-0.2, -0.15) is 0 Å². The van der Waals surface area contributed by atoms with Crippen LogP contribution in [0.4, 0.5) is 0 Å². The molecule has 24 heavy (non-hydrogen) atoms. The number of unbranched alkanes of at least 4 members (excludes halogenated alkanes) is 7. The van der Waals surface area contributed by atoms with Gasteiger partial charge in [0.05, 0.1) is 10.2 Å². The molecule has 1 nitrogen and oxygen atoms in total. The summed E-state index contributed by atoms with van der Waals surface area (Å²) in [4.78, 5) is 4.69. The van der Waals surface area contributed by atoms with Crippen molar-refractivity contribution in [2.24, 2.45) is 0 Å². The van der Waals surface area contributed by atoms with Crippen molar-refractivity contribution in [3.05, 3.63) is 36.9 Å². The number of hydrogen-bond acceptors (Lipinski definition) is 4. The van der Waals surface area contributed by atoms with Gasteiger partial charge in [-0.1, -0.05) is 87.3 Å². The predicted octanol–water partition coefficient (Wildman–Crippen LogP) is 8.12. The molecule has 0 aliphatic rings. The third-order valence-corrected chi connectivity index (χ3v) is 8.28. The van der Waals surface area contributed by atoms with Crippen LogP contribution in [0.3, 0.4) is 0 Å². The maximum absolute atomic E-state index is 4.69. The topological polar surface area (TPSA) is 12.9 Å². The van der Waals surface area contributed by atoms with Crippen molar-refractivity contribution in [1.29, 1.82) is 0 Å². The van der Waals surface area contributed by atoms with Crippen molar-refractivity contribution < 1.29 is 0 Å². The van der Waals surface area contributed by atoms with E-state index in [0.717, 1.165) is 9.86 Å². The molecule has 1 aromatic carbocycles. The van der Waals surface area contributed by atoms with Gasteiger partial charge in [-0.3, -0.25) is 0 Å². The molecule has 0 saturated carbocycles. The van der Waals surface area contributed by atoms with Crippen LogP contribution in [-0.4, -0.2) is 10.2 Å². The van der Waals surface area contributed by atoms with Crippen molar-refractivity contribution in [3.63, 3.8) is 0 Å². The van der Waals surface area contributed by atoms with Crippen LogP contribution in [-0.2, 0) is 0 Å². The zero-order valence-corrected chi connectivity index (χ0v) is 17.2. The molecule has 1 aromatic heterocycles. The summed E-state index contributed by atoms with van der Waals surface area (Å²) in [6, 6.07) is 8.37. The monoisotopic (exact) mass is 379 g/mol. The van der Waals surface area contributed by atoms with Gasteiger partial charge in [0.2, 0.25) is 0 Å². The fourth-order valence-electron chi connectivity index (χ4n) is 2.67. The van der Waals surface area contributed by atoms with Gasteiger partial charge in [0.1, 0.15) is 0 Å². The third kappa shape index (κ3) is 7.20. The molecule has 2 aromatic rings. The summed E-state index contributed by atoms with van der Waals surface area (Å²) < 4.78 is 2.43. The Morgan fingerprint density at radius 2 is 1.79 bits per heavy atom. The lowest BCUT2D eigenvalue weighted by molar-refractivity contribution is 0.568. The summed E-state index contributed by atoms with van der Waals surface area (Å²) in [5.41, 5.74) is 1.11. The normalized spacial score (nSPS) is 12.5. The van der Waals surface area contributed by atoms with Gasteiger partial charge in [-0.25, -0.2) is 4.98 Å². The lowest BCUT2D eigenvalue weighted by atomic mass is 10.1. The minimum atomic E-state index is 0.530. The van der Waals surface area contributed by atoms with Gasteiger partial charge in [-0.05, 0) is 29.3 Å². The Labute approximate surface area is 159 Å². The van der Waals surface area contributed by atoms with E-state index in [1.165, 1.54) is 62.5 Å². The van der Waals surface area contributed by atoms with Crippen LogP contribution >= 0.6 is 32.9 Å². The third-order valence-electron chi connectivity index (χ3n) is 4.12. The van der Waals surface area contributed by atoms with Crippen LogP contribution in [0.5, 0.6) is 0 Å². The smallest absolute Gasteiger partial charge is 0.161 e. The molecule has 0 amide bonds. The van der Waals surface area contributed by atoms with E-state index in [9.17, 15) is 0 Å². The van der Waals surface area contributed by atoms with E-state index >= 15 is 0 Å². The second-order valence-corrected chi connectivity index (χ2v) is 9.88. The van der Waals surface area contributed by atoms with E-state index < -0.39 is 0 Å². The van der Waals surface area contributed by atoms with Gasteiger partial charge in [0, 0.05) is 5.25 Å². The summed E-state index contributed by atoms with van der Waals surface area (Å²) in [7, 11) is 3.72. The number of aromatic nitrogens is 1. The second kappa shape index (κ2) is 12.0. The molecular formula is C20H29NS3. The second-order valence-electron chi connectivity index (χ2n) is 6.16. The van der Waals surface area contributed by atoms with Gasteiger partial charge in [0.15, 0.2) is 4.34 Å². The summed E-state index contributed by atoms with van der Waals surface area (Å²) >= 11 is 1.79. The molecule has 4 heteroatoms. The Bertz CT molecular complexity index is 560. The van der Waals surface area contributed by atoms with E-state index in [0.29, 0.717) is 5.25 Å². The molecule has 0 bridgehead atoms. The van der Waals surface area contributed by atoms with Crippen LogP contribution in [0.2, 0.25) is 0 Å². The summed E-state index contributed by atoms with van der Waals surface area (Å²) in [5, 5.41) is 0.530. The summed E-state index contributed by atoms with van der Waals surface area (Å²) in [6.07, 6.45) is 14.4. The van der Waals surface area contributed by atoms with Crippen molar-refractivity contribution in [2.45, 2.75) is 74.3 Å². The van der Waals surface area contributed by atoms with E-state index in [4.69, 9.17) is 4.98 Å². The molecule has 1 atom stereocenters. The molecule has 1 unspecified atom stereocenters. The number of fused-ring (bicyclic) bond motifs is 1. The number of nitrogens with zero attached hydrogens (tertiary/aromatic N) is 1. The highest BCUT2D eigenvalue weighted by atomic mass is 33.1. The van der Waals surface area contributed by atoms with Crippen molar-refractivity contribution in [2.75, 3.05) is 0 Å². The molecule has 0 fully saturated rings. The highest BCUT2D eigenvalue weighted by Gasteiger charge is 2.09. The van der Waals surface area contributed by atoms with Crippen LogP contribution in [0.1, 0.15) is 64.7 Å². The number of hydrogen-bond donors (Lipinski definition) is 0. The molecule has 0 spiro atoms. The molecule has 0 saturated heterocycles. The van der Waals surface area contributed by atoms with Crippen LogP contribution < -0.4 is 0 Å². The van der Waals surface area contributed by atoms with E-state index in [-0.39, 0.29) is 0 Å². The molecule has 0 aliphatic carbocycles. The predicted molar refractivity (Wildman–Crippen MR) is 114 cm³/mol. The minimum absolute atomic E-state index is 0.530. The van der Waals surface area contributed by atoms with Crippen LogP contribution in [0.25, 0.3) is 10.2 Å². The molecule has 132 valence electrons. The summed E-state index contributed by atoms with van der Waals surface area (Å²) in [6.45, 7) is 6.29. The molecule has 0 aliphatic heterocycles. The average Bonchev–Trinajstić information content (AvgIpc) is 3.02. The first-order chi connectivity index (χ1) is 11.8. The average molecular weight is 380 g/mol. The maximum atomic E-state index is 4.69. The molecule has 0 radical (unpaired) electrons. The Morgan fingerprint density at radius 3 is 2.50 bits per heavy atom. The van der Waals surface area contributed by atoms with E-state index in [1.807, 2.05) is 21.6 Å². The van der Waals surface area contributed by atoms with Crippen molar-refractivity contribution in [3.8, 4) is 0 Å². The van der Waals surface area contributed by atoms with E-state index in [2.05, 4.69) is 43.8 Å². The molecule has 1 heterocycles. The molecular weight excluding hydrogens is 350 g/mol. The zero-order valence-electron chi connectivity index (χ0n) is 14.7. The molecule has 2 rings (SSSR count). The fourth-order valence-corrected chi connectivity index (χ4v) is 6.37. The van der Waals surface area contributed by atoms with E-state index in [1.54, 1.807) is 11.3 Å². The SMILES string of the molecule is C=CC(CCCCCCCCCC)SSc1nc2ccccc2s1. The Hall–Kier alpha value is -0.450. The quantitative estimate of drug-likeness (QED) is 0.198. The van der Waals surface area contributed by atoms with Gasteiger partial charge < -0.3 is 0 Å². The standard InChI is InChI=1S/C20H29NS3/c1-3-5-6-7-8-9-10-11-14-17(4-2)23-24-20-21-18-15-12-13-16-19(18)22-20/h4,12-13,15-17H,2-3,5-11,14H2,1H3. The van der Waals surface area contributed by atoms with Gasteiger partial charge in [0.25, 0.3) is 0 Å². The first-order valence-electron chi connectivity index (χ1n) is 9.15. The Kier molecular flexibility index (Phi) is 9.93.